The molecule has 2 rings (SSSR count). The number of carboxylic acid groups (broad SMARTS) is 1. The van der Waals surface area contributed by atoms with Crippen LogP contribution in [-0.4, -0.2) is 53.1 Å². The van der Waals surface area contributed by atoms with Gasteiger partial charge in [-0.05, 0) is 25.7 Å². The molecule has 0 aromatic carbocycles. The summed E-state index contributed by atoms with van der Waals surface area (Å²) in [4.78, 5) is 36.3. The lowest BCUT2D eigenvalue weighted by molar-refractivity contribution is -0.143. The van der Waals surface area contributed by atoms with E-state index in [1.165, 1.54) is 0 Å². The van der Waals surface area contributed by atoms with E-state index in [4.69, 9.17) is 5.11 Å². The molecule has 0 aliphatic carbocycles. The topological polar surface area (TPSA) is 98.7 Å². The number of likely N-dealkylation sites (tertiary alicyclic amines) is 1. The van der Waals surface area contributed by atoms with Crippen molar-refractivity contribution in [3.05, 3.63) is 0 Å². The Morgan fingerprint density at radius 3 is 2.67 bits per heavy atom. The summed E-state index contributed by atoms with van der Waals surface area (Å²) in [5, 5.41) is 14.9. The summed E-state index contributed by atoms with van der Waals surface area (Å²) in [6.07, 6.45) is 1.63. The van der Waals surface area contributed by atoms with Crippen molar-refractivity contribution in [2.75, 3.05) is 13.1 Å². The second kappa shape index (κ2) is 6.32. The van der Waals surface area contributed by atoms with E-state index in [1.54, 1.807) is 4.90 Å². The highest BCUT2D eigenvalue weighted by atomic mass is 16.4. The quantitative estimate of drug-likeness (QED) is 0.687. The van der Waals surface area contributed by atoms with Crippen molar-refractivity contribution in [1.29, 1.82) is 0 Å². The van der Waals surface area contributed by atoms with E-state index < -0.39 is 11.9 Å². The molecule has 0 spiro atoms. The normalized spacial score (nSPS) is 33.2. The predicted octanol–water partition coefficient (Wildman–Crippen LogP) is 0.406. The largest absolute Gasteiger partial charge is 0.481 e. The zero-order chi connectivity index (χ0) is 15.6. The summed E-state index contributed by atoms with van der Waals surface area (Å²) in [6, 6.07) is -0.441. The van der Waals surface area contributed by atoms with E-state index >= 15 is 0 Å². The van der Waals surface area contributed by atoms with Crippen molar-refractivity contribution in [2.24, 2.45) is 11.8 Å². The number of rotatable bonds is 2. The number of nitrogens with zero attached hydrogens (tertiary/aromatic N) is 1. The van der Waals surface area contributed by atoms with E-state index in [1.807, 2.05) is 13.8 Å². The Morgan fingerprint density at radius 2 is 2.05 bits per heavy atom. The first-order valence-corrected chi connectivity index (χ1v) is 7.44. The fourth-order valence-electron chi connectivity index (χ4n) is 3.11. The molecule has 21 heavy (non-hydrogen) atoms. The maximum Gasteiger partial charge on any atom is 0.317 e. The maximum absolute atomic E-state index is 12.3. The van der Waals surface area contributed by atoms with Crippen LogP contribution in [0.25, 0.3) is 0 Å². The number of nitrogens with one attached hydrogen (secondary N) is 2. The van der Waals surface area contributed by atoms with Crippen molar-refractivity contribution in [3.8, 4) is 0 Å². The lowest BCUT2D eigenvalue weighted by Gasteiger charge is -2.37. The second-order valence-corrected chi connectivity index (χ2v) is 6.23. The van der Waals surface area contributed by atoms with E-state index in [9.17, 15) is 14.4 Å². The van der Waals surface area contributed by atoms with Crippen LogP contribution in [0.15, 0.2) is 0 Å². The molecule has 118 valence electrons. The Balaban J connectivity index is 1.93. The average molecular weight is 297 g/mol. The molecule has 2 saturated heterocycles. The fraction of sp³-hybridized carbons (Fsp3) is 0.786. The number of urea groups is 1. The maximum atomic E-state index is 12.3. The molecule has 0 bridgehead atoms. The van der Waals surface area contributed by atoms with Crippen LogP contribution in [0, 0.1) is 11.8 Å². The molecular weight excluding hydrogens is 274 g/mol. The molecule has 4 unspecified atom stereocenters. The molecule has 2 fully saturated rings. The van der Waals surface area contributed by atoms with Gasteiger partial charge in [0.2, 0.25) is 5.91 Å². The van der Waals surface area contributed by atoms with E-state index in [2.05, 4.69) is 10.6 Å². The molecule has 0 radical (unpaired) electrons. The highest BCUT2D eigenvalue weighted by molar-refractivity contribution is 5.79. The first-order chi connectivity index (χ1) is 9.86. The molecule has 0 aromatic heterocycles. The Morgan fingerprint density at radius 1 is 1.33 bits per heavy atom. The monoisotopic (exact) mass is 297 g/mol. The minimum absolute atomic E-state index is 0.00512. The summed E-state index contributed by atoms with van der Waals surface area (Å²) < 4.78 is 0. The van der Waals surface area contributed by atoms with Crippen LogP contribution in [0.4, 0.5) is 4.79 Å². The summed E-state index contributed by atoms with van der Waals surface area (Å²) in [6.45, 7) is 4.64. The third-order valence-corrected chi connectivity index (χ3v) is 4.28. The Bertz CT molecular complexity index is 440. The molecule has 4 atom stereocenters. The molecule has 0 saturated carbocycles. The van der Waals surface area contributed by atoms with E-state index in [-0.39, 0.29) is 36.5 Å². The molecule has 2 aliphatic rings. The number of hydrogen-bond donors (Lipinski definition) is 3. The van der Waals surface area contributed by atoms with Gasteiger partial charge < -0.3 is 20.6 Å². The number of aliphatic carboxylic acids is 1. The summed E-state index contributed by atoms with van der Waals surface area (Å²) in [7, 11) is 0. The molecule has 3 N–H and O–H groups in total. The zero-order valence-electron chi connectivity index (χ0n) is 12.5. The first kappa shape index (κ1) is 15.6. The van der Waals surface area contributed by atoms with Gasteiger partial charge >= 0.3 is 12.0 Å². The minimum Gasteiger partial charge on any atom is -0.481 e. The lowest BCUT2D eigenvalue weighted by atomic mass is 9.90. The van der Waals surface area contributed by atoms with Crippen LogP contribution < -0.4 is 10.6 Å². The van der Waals surface area contributed by atoms with Crippen LogP contribution >= 0.6 is 0 Å². The third kappa shape index (κ3) is 3.86. The predicted molar refractivity (Wildman–Crippen MR) is 75.6 cm³/mol. The Labute approximate surface area is 124 Å². The van der Waals surface area contributed by atoms with Gasteiger partial charge in [-0.3, -0.25) is 9.59 Å². The van der Waals surface area contributed by atoms with Crippen molar-refractivity contribution in [2.45, 2.75) is 45.2 Å². The molecule has 2 aliphatic heterocycles. The van der Waals surface area contributed by atoms with Crippen LogP contribution in [0.1, 0.15) is 33.1 Å². The number of piperidine rings is 2. The van der Waals surface area contributed by atoms with Crippen LogP contribution in [0.5, 0.6) is 0 Å². The number of amides is 3. The standard InChI is InChI=1S/C14H23N3O4/c1-8-5-10(13(19)20)7-17(6-8)14(21)16-11-3-4-12(18)15-9(11)2/h8-11H,3-7H2,1-2H3,(H,15,18)(H,16,21)(H,19,20). The molecule has 3 amide bonds. The molecule has 7 heteroatoms. The fourth-order valence-corrected chi connectivity index (χ4v) is 3.11. The van der Waals surface area contributed by atoms with Crippen LogP contribution in [0.2, 0.25) is 0 Å². The van der Waals surface area contributed by atoms with Gasteiger partial charge in [-0.25, -0.2) is 4.79 Å². The minimum atomic E-state index is -0.849. The highest BCUT2D eigenvalue weighted by Gasteiger charge is 2.34. The van der Waals surface area contributed by atoms with Gasteiger partial charge in [0, 0.05) is 25.6 Å². The Hall–Kier alpha value is -1.79. The zero-order valence-corrected chi connectivity index (χ0v) is 12.5. The van der Waals surface area contributed by atoms with Gasteiger partial charge in [-0.15, -0.1) is 0 Å². The summed E-state index contributed by atoms with van der Waals surface area (Å²) in [5.41, 5.74) is 0. The third-order valence-electron chi connectivity index (χ3n) is 4.28. The van der Waals surface area contributed by atoms with Gasteiger partial charge in [0.25, 0.3) is 0 Å². The molecule has 2 heterocycles. The molecular formula is C14H23N3O4. The van der Waals surface area contributed by atoms with E-state index in [0.29, 0.717) is 25.8 Å². The summed E-state index contributed by atoms with van der Waals surface area (Å²) in [5.74, 6) is -1.17. The number of hydrogen-bond acceptors (Lipinski definition) is 3. The van der Waals surface area contributed by atoms with Gasteiger partial charge in [0.15, 0.2) is 0 Å². The van der Waals surface area contributed by atoms with Crippen molar-refractivity contribution < 1.29 is 19.5 Å². The average Bonchev–Trinajstić information content (AvgIpc) is 2.41. The number of carbonyl (C=O) groups is 3. The highest BCUT2D eigenvalue weighted by Crippen LogP contribution is 2.22. The van der Waals surface area contributed by atoms with Gasteiger partial charge in [0.1, 0.15) is 0 Å². The van der Waals surface area contributed by atoms with Crippen LogP contribution in [0.3, 0.4) is 0 Å². The number of carboxylic acids is 1. The lowest BCUT2D eigenvalue weighted by Crippen LogP contribution is -2.58. The first-order valence-electron chi connectivity index (χ1n) is 7.44. The summed E-state index contributed by atoms with van der Waals surface area (Å²) >= 11 is 0. The smallest absolute Gasteiger partial charge is 0.317 e. The molecule has 7 nitrogen and oxygen atoms in total. The van der Waals surface area contributed by atoms with Crippen LogP contribution in [-0.2, 0) is 9.59 Å². The number of carbonyl (C=O) groups excluding carboxylic acids is 2. The van der Waals surface area contributed by atoms with Crippen molar-refractivity contribution in [1.82, 2.24) is 15.5 Å². The van der Waals surface area contributed by atoms with Crippen molar-refractivity contribution in [3.63, 3.8) is 0 Å². The Kier molecular flexibility index (Phi) is 4.69. The van der Waals surface area contributed by atoms with E-state index in [0.717, 1.165) is 0 Å². The SMILES string of the molecule is CC1CC(C(=O)O)CN(C(=O)NC2CCC(=O)NC2C)C1. The van der Waals surface area contributed by atoms with Gasteiger partial charge in [0.05, 0.1) is 12.0 Å². The van der Waals surface area contributed by atoms with Gasteiger partial charge in [-0.2, -0.15) is 0 Å². The second-order valence-electron chi connectivity index (χ2n) is 6.23. The van der Waals surface area contributed by atoms with Crippen molar-refractivity contribution >= 4 is 17.9 Å². The van der Waals surface area contributed by atoms with Gasteiger partial charge in [-0.1, -0.05) is 6.92 Å². The molecule has 0 aromatic rings.